The van der Waals surface area contributed by atoms with Gasteiger partial charge in [0.25, 0.3) is 5.91 Å². The van der Waals surface area contributed by atoms with E-state index in [1.54, 1.807) is 36.4 Å². The Hall–Kier alpha value is -3.02. The molecule has 2 aromatic carbocycles. The van der Waals surface area contributed by atoms with E-state index in [0.29, 0.717) is 16.9 Å². The number of anilines is 3. The second-order valence-electron chi connectivity index (χ2n) is 4.90. The molecular weight excluding hydrogens is 282 g/mol. The number of nitrogens with zero attached hydrogens (tertiary/aromatic N) is 1. The predicted octanol–water partition coefficient (Wildman–Crippen LogP) is 3.09. The molecule has 6 nitrogen and oxygen atoms in total. The van der Waals surface area contributed by atoms with Crippen molar-refractivity contribution >= 4 is 29.1 Å². The Bertz CT molecular complexity index is 664. The van der Waals surface area contributed by atoms with Crippen LogP contribution in [-0.4, -0.2) is 31.2 Å². The van der Waals surface area contributed by atoms with Crippen LogP contribution in [0.3, 0.4) is 0 Å². The molecule has 0 saturated carbocycles. The first-order chi connectivity index (χ1) is 10.5. The number of hydrogen-bond acceptors (Lipinski definition) is 3. The third-order valence-corrected chi connectivity index (χ3v) is 3.04. The van der Waals surface area contributed by atoms with Crippen LogP contribution in [0.15, 0.2) is 48.5 Å². The molecule has 0 aliphatic rings. The number of rotatable bonds is 4. The van der Waals surface area contributed by atoms with Crippen LogP contribution in [-0.2, 0) is 0 Å². The summed E-state index contributed by atoms with van der Waals surface area (Å²) in [6.07, 6.45) is -1.13. The maximum atomic E-state index is 12.1. The first kappa shape index (κ1) is 15.4. The molecule has 0 unspecified atom stereocenters. The monoisotopic (exact) mass is 299 g/mol. The van der Waals surface area contributed by atoms with E-state index in [1.165, 1.54) is 0 Å². The number of carbonyl (C=O) groups excluding carboxylic acids is 1. The highest BCUT2D eigenvalue weighted by Gasteiger charge is 2.07. The van der Waals surface area contributed by atoms with E-state index < -0.39 is 6.09 Å². The minimum atomic E-state index is -1.13. The van der Waals surface area contributed by atoms with Crippen molar-refractivity contribution in [3.05, 3.63) is 54.1 Å². The van der Waals surface area contributed by atoms with Gasteiger partial charge in [0, 0.05) is 36.7 Å². The van der Waals surface area contributed by atoms with Crippen LogP contribution in [0.5, 0.6) is 0 Å². The summed E-state index contributed by atoms with van der Waals surface area (Å²) in [5.74, 6) is -0.218. The molecule has 114 valence electrons. The summed E-state index contributed by atoms with van der Waals surface area (Å²) in [7, 11) is 3.86. The lowest BCUT2D eigenvalue weighted by Crippen LogP contribution is -2.13. The van der Waals surface area contributed by atoms with E-state index in [0.717, 1.165) is 5.69 Å². The van der Waals surface area contributed by atoms with E-state index in [4.69, 9.17) is 5.11 Å². The minimum Gasteiger partial charge on any atom is -0.465 e. The molecule has 0 heterocycles. The number of carbonyl (C=O) groups is 2. The lowest BCUT2D eigenvalue weighted by atomic mass is 10.2. The maximum Gasteiger partial charge on any atom is 0.409 e. The molecule has 0 spiro atoms. The fourth-order valence-corrected chi connectivity index (χ4v) is 1.87. The van der Waals surface area contributed by atoms with Crippen molar-refractivity contribution in [3.63, 3.8) is 0 Å². The summed E-state index contributed by atoms with van der Waals surface area (Å²) in [6.45, 7) is 0. The molecule has 0 atom stereocenters. The third-order valence-electron chi connectivity index (χ3n) is 3.04. The molecule has 0 saturated heterocycles. The van der Waals surface area contributed by atoms with Gasteiger partial charge in [0.1, 0.15) is 0 Å². The molecule has 0 aromatic heterocycles. The van der Waals surface area contributed by atoms with Crippen LogP contribution in [0.25, 0.3) is 0 Å². The predicted molar refractivity (Wildman–Crippen MR) is 86.8 cm³/mol. The first-order valence-corrected chi connectivity index (χ1v) is 6.64. The fourth-order valence-electron chi connectivity index (χ4n) is 1.87. The molecule has 2 amide bonds. The summed E-state index contributed by atoms with van der Waals surface area (Å²) in [5.41, 5.74) is 2.61. The van der Waals surface area contributed by atoms with Crippen LogP contribution in [0, 0.1) is 0 Å². The van der Waals surface area contributed by atoms with Gasteiger partial charge in [-0.15, -0.1) is 0 Å². The quantitative estimate of drug-likeness (QED) is 0.810. The molecule has 6 heteroatoms. The highest BCUT2D eigenvalue weighted by atomic mass is 16.4. The number of amides is 2. The van der Waals surface area contributed by atoms with Crippen molar-refractivity contribution in [1.29, 1.82) is 0 Å². The van der Waals surface area contributed by atoms with E-state index >= 15 is 0 Å². The van der Waals surface area contributed by atoms with Gasteiger partial charge >= 0.3 is 6.09 Å². The highest BCUT2D eigenvalue weighted by Crippen LogP contribution is 2.16. The second-order valence-corrected chi connectivity index (χ2v) is 4.90. The van der Waals surface area contributed by atoms with Gasteiger partial charge in [0.2, 0.25) is 0 Å². The Morgan fingerprint density at radius 3 is 1.82 bits per heavy atom. The van der Waals surface area contributed by atoms with E-state index in [2.05, 4.69) is 10.6 Å². The minimum absolute atomic E-state index is 0.218. The number of hydrogen-bond donors (Lipinski definition) is 3. The summed E-state index contributed by atoms with van der Waals surface area (Å²) < 4.78 is 0. The van der Waals surface area contributed by atoms with Crippen LogP contribution in [0.2, 0.25) is 0 Å². The molecule has 3 N–H and O–H groups in total. The lowest BCUT2D eigenvalue weighted by Gasteiger charge is -2.12. The Balaban J connectivity index is 2.03. The van der Waals surface area contributed by atoms with Gasteiger partial charge in [-0.2, -0.15) is 0 Å². The lowest BCUT2D eigenvalue weighted by molar-refractivity contribution is 0.102. The van der Waals surface area contributed by atoms with Crippen molar-refractivity contribution in [1.82, 2.24) is 0 Å². The zero-order chi connectivity index (χ0) is 16.1. The standard InChI is InChI=1S/C16H17N3O3/c1-19(2)14-9-3-11(4-10-14)15(20)17-12-5-7-13(8-6-12)18-16(21)22/h3-10,18H,1-2H3,(H,17,20)(H,21,22). The van der Waals surface area contributed by atoms with Gasteiger partial charge in [0.05, 0.1) is 0 Å². The van der Waals surface area contributed by atoms with Crippen molar-refractivity contribution in [2.75, 3.05) is 29.6 Å². The van der Waals surface area contributed by atoms with Crippen molar-refractivity contribution in [3.8, 4) is 0 Å². The topological polar surface area (TPSA) is 81.7 Å². The van der Waals surface area contributed by atoms with Gasteiger partial charge in [-0.3, -0.25) is 10.1 Å². The second kappa shape index (κ2) is 6.62. The molecule has 0 fully saturated rings. The SMILES string of the molecule is CN(C)c1ccc(C(=O)Nc2ccc(NC(=O)O)cc2)cc1. The normalized spacial score (nSPS) is 9.91. The summed E-state index contributed by atoms with van der Waals surface area (Å²) in [5, 5.41) is 13.6. The smallest absolute Gasteiger partial charge is 0.409 e. The highest BCUT2D eigenvalue weighted by molar-refractivity contribution is 6.04. The van der Waals surface area contributed by atoms with Gasteiger partial charge in [-0.05, 0) is 48.5 Å². The number of nitrogens with one attached hydrogen (secondary N) is 2. The molecule has 0 bridgehead atoms. The molecule has 0 radical (unpaired) electrons. The fraction of sp³-hybridized carbons (Fsp3) is 0.125. The van der Waals surface area contributed by atoms with Crippen molar-refractivity contribution < 1.29 is 14.7 Å². The Labute approximate surface area is 128 Å². The van der Waals surface area contributed by atoms with Crippen molar-refractivity contribution in [2.45, 2.75) is 0 Å². The largest absolute Gasteiger partial charge is 0.465 e. The Morgan fingerprint density at radius 2 is 1.36 bits per heavy atom. The maximum absolute atomic E-state index is 12.1. The summed E-state index contributed by atoms with van der Waals surface area (Å²) >= 11 is 0. The summed E-state index contributed by atoms with van der Waals surface area (Å²) in [6, 6.07) is 13.7. The average molecular weight is 299 g/mol. The van der Waals surface area contributed by atoms with Crippen LogP contribution >= 0.6 is 0 Å². The van der Waals surface area contributed by atoms with Crippen molar-refractivity contribution in [2.24, 2.45) is 0 Å². The van der Waals surface area contributed by atoms with Gasteiger partial charge < -0.3 is 15.3 Å². The number of carboxylic acid groups (broad SMARTS) is 1. The summed E-state index contributed by atoms with van der Waals surface area (Å²) in [4.78, 5) is 24.6. The molecule has 0 aliphatic carbocycles. The van der Waals surface area contributed by atoms with Gasteiger partial charge in [0.15, 0.2) is 0 Å². The Morgan fingerprint density at radius 1 is 0.864 bits per heavy atom. The average Bonchev–Trinajstić information content (AvgIpc) is 2.49. The molecule has 22 heavy (non-hydrogen) atoms. The van der Waals surface area contributed by atoms with Gasteiger partial charge in [-0.25, -0.2) is 4.79 Å². The molecule has 2 aromatic rings. The van der Waals surface area contributed by atoms with Crippen LogP contribution in [0.1, 0.15) is 10.4 Å². The molecule has 2 rings (SSSR count). The molecular formula is C16H17N3O3. The van der Waals surface area contributed by atoms with E-state index in [-0.39, 0.29) is 5.91 Å². The third kappa shape index (κ3) is 3.99. The Kier molecular flexibility index (Phi) is 4.63. The van der Waals surface area contributed by atoms with E-state index in [9.17, 15) is 9.59 Å². The molecule has 0 aliphatic heterocycles. The zero-order valence-electron chi connectivity index (χ0n) is 12.3. The first-order valence-electron chi connectivity index (χ1n) is 6.64. The zero-order valence-corrected chi connectivity index (χ0v) is 12.3. The van der Waals surface area contributed by atoms with Gasteiger partial charge in [-0.1, -0.05) is 0 Å². The van der Waals surface area contributed by atoms with E-state index in [1.807, 2.05) is 31.1 Å². The van der Waals surface area contributed by atoms with Crippen LogP contribution < -0.4 is 15.5 Å². The van der Waals surface area contributed by atoms with Crippen LogP contribution in [0.4, 0.5) is 21.9 Å². The number of benzene rings is 2.